The second kappa shape index (κ2) is 6.00. The van der Waals surface area contributed by atoms with Crippen LogP contribution in [-0.2, 0) is 11.3 Å². The van der Waals surface area contributed by atoms with Gasteiger partial charge in [0.1, 0.15) is 0 Å². The number of nitrogens with one attached hydrogen (secondary N) is 1. The molecule has 2 aromatic rings. The fourth-order valence-corrected chi connectivity index (χ4v) is 2.87. The zero-order valence-electron chi connectivity index (χ0n) is 12.7. The van der Waals surface area contributed by atoms with Crippen LogP contribution in [0.1, 0.15) is 32.3 Å². The normalized spacial score (nSPS) is 21.3. The smallest absolute Gasteiger partial charge is 0.0991 e. The SMILES string of the molecule is CC1(C)CC(NCc2ccc(-n3ccnc3)cc2)CCO1. The summed E-state index contributed by atoms with van der Waals surface area (Å²) in [4.78, 5) is 4.07. The molecule has 21 heavy (non-hydrogen) atoms. The summed E-state index contributed by atoms with van der Waals surface area (Å²) in [6, 6.07) is 9.15. The molecule has 1 saturated heterocycles. The summed E-state index contributed by atoms with van der Waals surface area (Å²) in [5, 5.41) is 3.65. The number of rotatable bonds is 4. The Morgan fingerprint density at radius 1 is 1.33 bits per heavy atom. The van der Waals surface area contributed by atoms with E-state index >= 15 is 0 Å². The predicted molar refractivity (Wildman–Crippen MR) is 83.5 cm³/mol. The number of aromatic nitrogens is 2. The highest BCUT2D eigenvalue weighted by Crippen LogP contribution is 2.24. The fourth-order valence-electron chi connectivity index (χ4n) is 2.87. The van der Waals surface area contributed by atoms with Crippen molar-refractivity contribution in [2.45, 2.75) is 44.9 Å². The first-order valence-corrected chi connectivity index (χ1v) is 7.57. The summed E-state index contributed by atoms with van der Waals surface area (Å²) >= 11 is 0. The molecule has 0 radical (unpaired) electrons. The van der Waals surface area contributed by atoms with Crippen molar-refractivity contribution < 1.29 is 4.74 Å². The maximum absolute atomic E-state index is 5.76. The van der Waals surface area contributed by atoms with Gasteiger partial charge >= 0.3 is 0 Å². The first kappa shape index (κ1) is 14.3. The van der Waals surface area contributed by atoms with Crippen LogP contribution in [0.15, 0.2) is 43.0 Å². The molecule has 1 N–H and O–H groups in total. The minimum Gasteiger partial charge on any atom is -0.375 e. The summed E-state index contributed by atoms with van der Waals surface area (Å²) in [6.07, 6.45) is 7.73. The second-order valence-corrected chi connectivity index (χ2v) is 6.32. The van der Waals surface area contributed by atoms with E-state index in [4.69, 9.17) is 4.74 Å². The minimum absolute atomic E-state index is 0.00119. The third kappa shape index (κ3) is 3.71. The van der Waals surface area contributed by atoms with Gasteiger partial charge in [-0.1, -0.05) is 12.1 Å². The summed E-state index contributed by atoms with van der Waals surface area (Å²) in [7, 11) is 0. The standard InChI is InChI=1S/C17H23N3O/c1-17(2)11-15(7-10-21-17)19-12-14-3-5-16(6-4-14)20-9-8-18-13-20/h3-6,8-9,13,15,19H,7,10-12H2,1-2H3. The van der Waals surface area contributed by atoms with E-state index in [1.165, 1.54) is 5.56 Å². The van der Waals surface area contributed by atoms with Gasteiger partial charge in [-0.15, -0.1) is 0 Å². The van der Waals surface area contributed by atoms with Gasteiger partial charge in [0.15, 0.2) is 0 Å². The molecule has 1 aromatic carbocycles. The molecule has 0 spiro atoms. The van der Waals surface area contributed by atoms with E-state index in [0.29, 0.717) is 6.04 Å². The Kier molecular flexibility index (Phi) is 4.08. The topological polar surface area (TPSA) is 39.1 Å². The molecule has 1 unspecified atom stereocenters. The predicted octanol–water partition coefficient (Wildman–Crippen LogP) is 2.92. The van der Waals surface area contributed by atoms with E-state index in [9.17, 15) is 0 Å². The van der Waals surface area contributed by atoms with Crippen molar-refractivity contribution in [3.63, 3.8) is 0 Å². The first-order valence-electron chi connectivity index (χ1n) is 7.57. The third-order valence-electron chi connectivity index (χ3n) is 4.03. The third-order valence-corrected chi connectivity index (χ3v) is 4.03. The molecule has 1 atom stereocenters. The minimum atomic E-state index is 0.00119. The Morgan fingerprint density at radius 3 is 2.81 bits per heavy atom. The Bertz CT molecular complexity index is 560. The van der Waals surface area contributed by atoms with Crippen molar-refractivity contribution in [2.24, 2.45) is 0 Å². The molecule has 1 aliphatic rings. The van der Waals surface area contributed by atoms with Crippen LogP contribution in [0, 0.1) is 0 Å². The van der Waals surface area contributed by atoms with E-state index < -0.39 is 0 Å². The van der Waals surface area contributed by atoms with Gasteiger partial charge in [-0.3, -0.25) is 0 Å². The largest absolute Gasteiger partial charge is 0.375 e. The molecule has 2 heterocycles. The van der Waals surface area contributed by atoms with Crippen LogP contribution < -0.4 is 5.32 Å². The molecule has 3 rings (SSSR count). The molecule has 0 amide bonds. The van der Waals surface area contributed by atoms with Gasteiger partial charge in [0.25, 0.3) is 0 Å². The van der Waals surface area contributed by atoms with Crippen molar-refractivity contribution in [2.75, 3.05) is 6.61 Å². The maximum atomic E-state index is 5.76. The van der Waals surface area contributed by atoms with Gasteiger partial charge in [-0.2, -0.15) is 0 Å². The fraction of sp³-hybridized carbons (Fsp3) is 0.471. The Labute approximate surface area is 126 Å². The van der Waals surface area contributed by atoms with Gasteiger partial charge in [0, 0.05) is 37.3 Å². The van der Waals surface area contributed by atoms with Crippen LogP contribution in [0.25, 0.3) is 5.69 Å². The lowest BCUT2D eigenvalue weighted by Crippen LogP contribution is -2.43. The highest BCUT2D eigenvalue weighted by atomic mass is 16.5. The average molecular weight is 285 g/mol. The number of benzene rings is 1. The molecule has 1 fully saturated rings. The molecule has 1 aliphatic heterocycles. The highest BCUT2D eigenvalue weighted by molar-refractivity contribution is 5.34. The second-order valence-electron chi connectivity index (χ2n) is 6.32. The molecule has 1 aromatic heterocycles. The van der Waals surface area contributed by atoms with Crippen LogP contribution in [0.3, 0.4) is 0 Å². The average Bonchev–Trinajstić information content (AvgIpc) is 2.99. The van der Waals surface area contributed by atoms with Crippen molar-refractivity contribution in [1.29, 1.82) is 0 Å². The monoisotopic (exact) mass is 285 g/mol. The van der Waals surface area contributed by atoms with E-state index in [1.54, 1.807) is 6.20 Å². The van der Waals surface area contributed by atoms with E-state index in [1.807, 2.05) is 17.1 Å². The zero-order valence-corrected chi connectivity index (χ0v) is 12.7. The van der Waals surface area contributed by atoms with Crippen LogP contribution in [0.4, 0.5) is 0 Å². The molecule has 4 heteroatoms. The van der Waals surface area contributed by atoms with Gasteiger partial charge in [-0.25, -0.2) is 4.98 Å². The molecule has 112 valence electrons. The number of hydrogen-bond acceptors (Lipinski definition) is 3. The Morgan fingerprint density at radius 2 is 2.14 bits per heavy atom. The highest BCUT2D eigenvalue weighted by Gasteiger charge is 2.28. The lowest BCUT2D eigenvalue weighted by Gasteiger charge is -2.36. The van der Waals surface area contributed by atoms with E-state index in [-0.39, 0.29) is 5.60 Å². The van der Waals surface area contributed by atoms with Crippen molar-refractivity contribution in [3.05, 3.63) is 48.5 Å². The molecular formula is C17H23N3O. The van der Waals surface area contributed by atoms with Gasteiger partial charge < -0.3 is 14.6 Å². The lowest BCUT2D eigenvalue weighted by atomic mass is 9.94. The van der Waals surface area contributed by atoms with Gasteiger partial charge in [-0.05, 0) is 44.4 Å². The van der Waals surface area contributed by atoms with Crippen molar-refractivity contribution >= 4 is 0 Å². The molecule has 0 aliphatic carbocycles. The summed E-state index contributed by atoms with van der Waals surface area (Å²) in [5.41, 5.74) is 2.45. The molecular weight excluding hydrogens is 262 g/mol. The molecule has 0 bridgehead atoms. The number of nitrogens with zero attached hydrogens (tertiary/aromatic N) is 2. The Balaban J connectivity index is 1.56. The molecule has 0 saturated carbocycles. The van der Waals surface area contributed by atoms with Crippen LogP contribution >= 0.6 is 0 Å². The van der Waals surface area contributed by atoms with Crippen LogP contribution in [0.5, 0.6) is 0 Å². The quantitative estimate of drug-likeness (QED) is 0.939. The van der Waals surface area contributed by atoms with Gasteiger partial charge in [0.2, 0.25) is 0 Å². The summed E-state index contributed by atoms with van der Waals surface area (Å²) in [5.74, 6) is 0. The van der Waals surface area contributed by atoms with E-state index in [0.717, 1.165) is 31.7 Å². The van der Waals surface area contributed by atoms with Crippen LogP contribution in [-0.4, -0.2) is 27.8 Å². The maximum Gasteiger partial charge on any atom is 0.0991 e. The van der Waals surface area contributed by atoms with Gasteiger partial charge in [0.05, 0.1) is 11.9 Å². The Hall–Kier alpha value is -1.65. The number of hydrogen-bond donors (Lipinski definition) is 1. The number of imidazole rings is 1. The lowest BCUT2D eigenvalue weighted by molar-refractivity contribution is -0.0630. The zero-order chi connectivity index (χ0) is 14.7. The van der Waals surface area contributed by atoms with Crippen molar-refractivity contribution in [3.8, 4) is 5.69 Å². The molecule has 4 nitrogen and oxygen atoms in total. The number of ether oxygens (including phenoxy) is 1. The van der Waals surface area contributed by atoms with E-state index in [2.05, 4.69) is 48.4 Å². The van der Waals surface area contributed by atoms with Crippen molar-refractivity contribution in [1.82, 2.24) is 14.9 Å². The summed E-state index contributed by atoms with van der Waals surface area (Å²) < 4.78 is 7.77. The first-order chi connectivity index (χ1) is 10.1. The van der Waals surface area contributed by atoms with Crippen LogP contribution in [0.2, 0.25) is 0 Å². The summed E-state index contributed by atoms with van der Waals surface area (Å²) in [6.45, 7) is 6.09.